The first kappa shape index (κ1) is 13.7. The van der Waals surface area contributed by atoms with Crippen molar-refractivity contribution in [2.75, 3.05) is 6.61 Å². The highest BCUT2D eigenvalue weighted by molar-refractivity contribution is 7.13. The number of nitrogens with zero attached hydrogens (tertiary/aromatic N) is 1. The Bertz CT molecular complexity index is 546. The molecular formula is C15H17NO2S. The van der Waals surface area contributed by atoms with Gasteiger partial charge in [-0.3, -0.25) is 0 Å². The molecular weight excluding hydrogens is 258 g/mol. The molecule has 0 atom stereocenters. The number of ketones is 1. The monoisotopic (exact) mass is 275 g/mol. The molecule has 1 aromatic carbocycles. The van der Waals surface area contributed by atoms with Crippen molar-refractivity contribution in [3.05, 3.63) is 35.3 Å². The van der Waals surface area contributed by atoms with E-state index in [2.05, 4.69) is 4.98 Å². The molecule has 0 amide bonds. The molecule has 0 N–H and O–H groups in total. The fraction of sp³-hybridized carbons (Fsp3) is 0.333. The van der Waals surface area contributed by atoms with Gasteiger partial charge in [-0.15, -0.1) is 11.3 Å². The van der Waals surface area contributed by atoms with Crippen LogP contribution in [0.25, 0.3) is 10.6 Å². The molecule has 0 bridgehead atoms. The molecule has 2 aromatic rings. The first-order valence-electron chi connectivity index (χ1n) is 6.30. The third kappa shape index (κ3) is 4.17. The minimum Gasteiger partial charge on any atom is -0.494 e. The smallest absolute Gasteiger partial charge is 0.129 e. The first-order chi connectivity index (χ1) is 9.15. The highest BCUT2D eigenvalue weighted by Crippen LogP contribution is 2.25. The van der Waals surface area contributed by atoms with Crippen LogP contribution in [-0.2, 0) is 4.79 Å². The first-order valence-corrected chi connectivity index (χ1v) is 7.18. The number of Topliss-reactive ketones (excluding diaryl/α,β-unsaturated/α-hetero) is 1. The van der Waals surface area contributed by atoms with Crippen molar-refractivity contribution in [2.24, 2.45) is 0 Å². The zero-order valence-corrected chi connectivity index (χ0v) is 12.0. The van der Waals surface area contributed by atoms with Crippen LogP contribution in [0.1, 0.15) is 25.5 Å². The van der Waals surface area contributed by atoms with E-state index in [4.69, 9.17) is 4.74 Å². The number of ether oxygens (including phenoxy) is 1. The van der Waals surface area contributed by atoms with Crippen LogP contribution < -0.4 is 4.74 Å². The van der Waals surface area contributed by atoms with Gasteiger partial charge >= 0.3 is 0 Å². The maximum absolute atomic E-state index is 10.8. The number of aromatic nitrogens is 1. The molecule has 3 nitrogen and oxygen atoms in total. The Balaban J connectivity index is 1.90. The zero-order valence-electron chi connectivity index (χ0n) is 11.2. The van der Waals surface area contributed by atoms with Gasteiger partial charge in [0.15, 0.2) is 0 Å². The molecule has 0 saturated heterocycles. The fourth-order valence-electron chi connectivity index (χ4n) is 1.69. The van der Waals surface area contributed by atoms with Crippen molar-refractivity contribution >= 4 is 17.1 Å². The minimum atomic E-state index is 0.207. The Morgan fingerprint density at radius 1 is 1.32 bits per heavy atom. The summed E-state index contributed by atoms with van der Waals surface area (Å²) in [6, 6.07) is 7.91. The van der Waals surface area contributed by atoms with Crippen molar-refractivity contribution in [1.82, 2.24) is 4.98 Å². The Kier molecular flexibility index (Phi) is 4.68. The lowest BCUT2D eigenvalue weighted by atomic mass is 10.2. The minimum absolute atomic E-state index is 0.207. The van der Waals surface area contributed by atoms with Crippen LogP contribution in [0.4, 0.5) is 0 Å². The van der Waals surface area contributed by atoms with Crippen LogP contribution in [0.2, 0.25) is 0 Å². The molecule has 0 saturated carbocycles. The summed E-state index contributed by atoms with van der Waals surface area (Å²) in [7, 11) is 0. The van der Waals surface area contributed by atoms with E-state index in [1.54, 1.807) is 18.3 Å². The lowest BCUT2D eigenvalue weighted by Gasteiger charge is -2.05. The van der Waals surface area contributed by atoms with Crippen molar-refractivity contribution in [1.29, 1.82) is 0 Å². The van der Waals surface area contributed by atoms with Crippen molar-refractivity contribution in [2.45, 2.75) is 26.7 Å². The van der Waals surface area contributed by atoms with Crippen LogP contribution >= 0.6 is 11.3 Å². The van der Waals surface area contributed by atoms with E-state index in [-0.39, 0.29) is 5.78 Å². The van der Waals surface area contributed by atoms with Gasteiger partial charge in [0.25, 0.3) is 0 Å². The maximum Gasteiger partial charge on any atom is 0.129 e. The Hall–Kier alpha value is -1.68. The Labute approximate surface area is 117 Å². The number of rotatable bonds is 6. The third-order valence-electron chi connectivity index (χ3n) is 2.66. The van der Waals surface area contributed by atoms with Crippen molar-refractivity contribution in [3.63, 3.8) is 0 Å². The van der Waals surface area contributed by atoms with E-state index in [1.165, 1.54) is 0 Å². The summed E-state index contributed by atoms with van der Waals surface area (Å²) in [4.78, 5) is 15.2. The summed E-state index contributed by atoms with van der Waals surface area (Å²) in [6.45, 7) is 4.17. The molecule has 0 unspecified atom stereocenters. The number of thiazole rings is 1. The van der Waals surface area contributed by atoms with Gasteiger partial charge in [0.1, 0.15) is 16.5 Å². The molecule has 19 heavy (non-hydrogen) atoms. The summed E-state index contributed by atoms with van der Waals surface area (Å²) in [5.41, 5.74) is 2.15. The predicted octanol–water partition coefficient (Wildman–Crippen LogP) is 3.87. The second-order valence-electron chi connectivity index (χ2n) is 4.47. The topological polar surface area (TPSA) is 39.2 Å². The molecule has 0 aliphatic rings. The van der Waals surface area contributed by atoms with Gasteiger partial charge in [-0.05, 0) is 44.5 Å². The van der Waals surface area contributed by atoms with Crippen molar-refractivity contribution in [3.8, 4) is 16.3 Å². The summed E-state index contributed by atoms with van der Waals surface area (Å²) in [5, 5.41) is 3.07. The van der Waals surface area contributed by atoms with Gasteiger partial charge in [0, 0.05) is 23.1 Å². The van der Waals surface area contributed by atoms with Crippen LogP contribution in [-0.4, -0.2) is 17.4 Å². The average Bonchev–Trinajstić information content (AvgIpc) is 2.82. The summed E-state index contributed by atoms with van der Waals surface area (Å²) >= 11 is 1.64. The van der Waals surface area contributed by atoms with Crippen LogP contribution in [0.15, 0.2) is 29.6 Å². The van der Waals surface area contributed by atoms with E-state index in [1.807, 2.05) is 36.6 Å². The Morgan fingerprint density at radius 2 is 2.05 bits per heavy atom. The van der Waals surface area contributed by atoms with E-state index in [9.17, 15) is 4.79 Å². The zero-order chi connectivity index (χ0) is 13.7. The number of aryl methyl sites for hydroxylation is 1. The summed E-state index contributed by atoms with van der Waals surface area (Å²) < 4.78 is 5.58. The highest BCUT2D eigenvalue weighted by Gasteiger charge is 2.03. The standard InChI is InChI=1S/C15H17NO2S/c1-11-10-19-15(16-11)13-5-7-14(8-6-13)18-9-3-4-12(2)17/h5-8,10H,3-4,9H2,1-2H3. The summed E-state index contributed by atoms with van der Waals surface area (Å²) in [6.07, 6.45) is 1.35. The van der Waals surface area contributed by atoms with E-state index >= 15 is 0 Å². The molecule has 1 heterocycles. The largest absolute Gasteiger partial charge is 0.494 e. The van der Waals surface area contributed by atoms with Crippen LogP contribution in [0.3, 0.4) is 0 Å². The Morgan fingerprint density at radius 3 is 2.63 bits per heavy atom. The maximum atomic E-state index is 10.8. The van der Waals surface area contributed by atoms with E-state index in [0.717, 1.165) is 28.4 Å². The second kappa shape index (κ2) is 6.48. The van der Waals surface area contributed by atoms with Crippen LogP contribution in [0, 0.1) is 6.92 Å². The number of hydrogen-bond donors (Lipinski definition) is 0. The second-order valence-corrected chi connectivity index (χ2v) is 5.33. The normalized spacial score (nSPS) is 10.4. The molecule has 4 heteroatoms. The quantitative estimate of drug-likeness (QED) is 0.751. The molecule has 100 valence electrons. The van der Waals surface area contributed by atoms with Gasteiger partial charge in [-0.2, -0.15) is 0 Å². The molecule has 0 radical (unpaired) electrons. The predicted molar refractivity (Wildman–Crippen MR) is 77.7 cm³/mol. The SMILES string of the molecule is CC(=O)CCCOc1ccc(-c2nc(C)cs2)cc1. The molecule has 0 aliphatic heterocycles. The van der Waals surface area contributed by atoms with E-state index in [0.29, 0.717) is 13.0 Å². The number of carbonyl (C=O) groups is 1. The third-order valence-corrected chi connectivity index (χ3v) is 3.67. The average molecular weight is 275 g/mol. The number of hydrogen-bond acceptors (Lipinski definition) is 4. The van der Waals surface area contributed by atoms with Gasteiger partial charge in [-0.25, -0.2) is 4.98 Å². The van der Waals surface area contributed by atoms with Gasteiger partial charge in [0.2, 0.25) is 0 Å². The fourth-order valence-corrected chi connectivity index (χ4v) is 2.50. The number of benzene rings is 1. The van der Waals surface area contributed by atoms with Gasteiger partial charge < -0.3 is 9.53 Å². The summed E-state index contributed by atoms with van der Waals surface area (Å²) in [5.74, 6) is 1.04. The van der Waals surface area contributed by atoms with Crippen molar-refractivity contribution < 1.29 is 9.53 Å². The molecule has 1 aromatic heterocycles. The molecule has 0 aliphatic carbocycles. The van der Waals surface area contributed by atoms with Crippen LogP contribution in [0.5, 0.6) is 5.75 Å². The lowest BCUT2D eigenvalue weighted by molar-refractivity contribution is -0.117. The highest BCUT2D eigenvalue weighted by atomic mass is 32.1. The van der Waals surface area contributed by atoms with Gasteiger partial charge in [0.05, 0.1) is 6.61 Å². The van der Waals surface area contributed by atoms with Gasteiger partial charge in [-0.1, -0.05) is 0 Å². The van der Waals surface area contributed by atoms with E-state index < -0.39 is 0 Å². The molecule has 0 fully saturated rings. The molecule has 0 spiro atoms. The number of carbonyl (C=O) groups excluding carboxylic acids is 1. The lowest BCUT2D eigenvalue weighted by Crippen LogP contribution is -2.00. The molecule has 2 rings (SSSR count).